The second-order valence-corrected chi connectivity index (χ2v) is 19.9. The van der Waals surface area contributed by atoms with Crippen LogP contribution in [0.3, 0.4) is 0 Å². The van der Waals surface area contributed by atoms with Crippen molar-refractivity contribution in [2.24, 2.45) is 17.7 Å². The van der Waals surface area contributed by atoms with Gasteiger partial charge in [-0.2, -0.15) is 25.1 Å². The number of hydrogen-bond donors (Lipinski definition) is 4. The molecule has 2 atom stereocenters. The van der Waals surface area contributed by atoms with Crippen LogP contribution in [0, 0.1) is 11.8 Å². The molecule has 0 radical (unpaired) electrons. The van der Waals surface area contributed by atoms with Crippen LogP contribution in [0.1, 0.15) is 212 Å². The van der Waals surface area contributed by atoms with Crippen LogP contribution in [0.15, 0.2) is 0 Å². The Hall–Kier alpha value is -1.79. The van der Waals surface area contributed by atoms with Gasteiger partial charge in [-0.05, 0) is 119 Å². The number of rotatable bonds is 27. The molecule has 0 spiro atoms. The van der Waals surface area contributed by atoms with Crippen LogP contribution >= 0.6 is 0 Å². The third-order valence-electron chi connectivity index (χ3n) is 12.4. The number of hydrogen-bond acceptors (Lipinski definition) is 11. The van der Waals surface area contributed by atoms with Crippen molar-refractivity contribution < 1.29 is 9.68 Å². The molecule has 0 aromatic carbocycles. The Balaban J connectivity index is 1.72. The van der Waals surface area contributed by atoms with Crippen molar-refractivity contribution in [2.75, 3.05) is 29.3 Å². The highest BCUT2D eigenvalue weighted by atomic mass is 16.7. The molecule has 11 nitrogen and oxygen atoms in total. The monoisotopic (exact) mass is 788 g/mol. The van der Waals surface area contributed by atoms with Gasteiger partial charge in [-0.15, -0.1) is 0 Å². The third-order valence-corrected chi connectivity index (χ3v) is 12.4. The SMILES string of the molecule is CCCCCCCCON1C(C)(C)CC(C(CCC)Nc2nc(NN)nc(NC(CCC)C3CC(C)(C)N(OCCCCCCCC)C(C)(C)C3)n2)CC1(C)C. The molecular formula is C45H89N9O2. The van der Waals surface area contributed by atoms with Crippen molar-refractivity contribution in [3.8, 4) is 0 Å². The van der Waals surface area contributed by atoms with E-state index in [1.54, 1.807) is 0 Å². The zero-order valence-electron chi connectivity index (χ0n) is 38.5. The third kappa shape index (κ3) is 14.8. The number of nitrogens with two attached hydrogens (primary N) is 1. The number of nitrogens with zero attached hydrogens (tertiary/aromatic N) is 5. The maximum absolute atomic E-state index is 6.59. The minimum absolute atomic E-state index is 0.109. The van der Waals surface area contributed by atoms with E-state index in [1.165, 1.54) is 64.2 Å². The molecule has 5 N–H and O–H groups in total. The maximum atomic E-state index is 6.59. The molecule has 3 rings (SSSR count). The van der Waals surface area contributed by atoms with E-state index < -0.39 is 0 Å². The van der Waals surface area contributed by atoms with E-state index in [4.69, 9.17) is 30.5 Å². The summed E-state index contributed by atoms with van der Waals surface area (Å²) in [5.74, 6) is 8.33. The first-order chi connectivity index (χ1) is 26.5. The second kappa shape index (κ2) is 23.1. The molecule has 0 aliphatic carbocycles. The lowest BCUT2D eigenvalue weighted by Crippen LogP contribution is -2.62. The molecule has 2 fully saturated rings. The van der Waals surface area contributed by atoms with Crippen molar-refractivity contribution in [1.82, 2.24) is 25.1 Å². The Kier molecular flexibility index (Phi) is 20.1. The van der Waals surface area contributed by atoms with E-state index in [0.29, 0.717) is 29.7 Å². The summed E-state index contributed by atoms with van der Waals surface area (Å²) in [6.45, 7) is 29.4. The summed E-state index contributed by atoms with van der Waals surface area (Å²) in [6, 6.07) is 0.405. The molecule has 1 aromatic heterocycles. The quantitative estimate of drug-likeness (QED) is 0.0387. The van der Waals surface area contributed by atoms with E-state index in [9.17, 15) is 0 Å². The lowest BCUT2D eigenvalue weighted by molar-refractivity contribution is -0.289. The summed E-state index contributed by atoms with van der Waals surface area (Å²) in [7, 11) is 0. The number of nitrogens with one attached hydrogen (secondary N) is 3. The maximum Gasteiger partial charge on any atom is 0.243 e. The van der Waals surface area contributed by atoms with Crippen LogP contribution in [0.25, 0.3) is 0 Å². The summed E-state index contributed by atoms with van der Waals surface area (Å²) >= 11 is 0. The van der Waals surface area contributed by atoms with Crippen molar-refractivity contribution in [3.63, 3.8) is 0 Å². The lowest BCUT2D eigenvalue weighted by atomic mass is 9.71. The number of hydrazine groups is 1. The Bertz CT molecular complexity index is 1120. The predicted octanol–water partition coefficient (Wildman–Crippen LogP) is 11.4. The smallest absolute Gasteiger partial charge is 0.243 e. The van der Waals surface area contributed by atoms with Crippen molar-refractivity contribution >= 4 is 17.8 Å². The van der Waals surface area contributed by atoms with Crippen LogP contribution in [0.2, 0.25) is 0 Å². The average molecular weight is 788 g/mol. The van der Waals surface area contributed by atoms with Crippen LogP contribution in [0.5, 0.6) is 0 Å². The summed E-state index contributed by atoms with van der Waals surface area (Å²) in [5, 5.41) is 12.2. The zero-order valence-corrected chi connectivity index (χ0v) is 38.5. The van der Waals surface area contributed by atoms with Crippen LogP contribution in [-0.2, 0) is 9.68 Å². The first kappa shape index (κ1) is 48.6. The highest BCUT2D eigenvalue weighted by molar-refractivity contribution is 5.43. The summed E-state index contributed by atoms with van der Waals surface area (Å²) in [4.78, 5) is 27.7. The van der Waals surface area contributed by atoms with Gasteiger partial charge in [0.1, 0.15) is 0 Å². The van der Waals surface area contributed by atoms with Crippen LogP contribution in [0.4, 0.5) is 17.8 Å². The fourth-order valence-electron chi connectivity index (χ4n) is 10.4. The Morgan fingerprint density at radius 3 is 1.16 bits per heavy atom. The van der Waals surface area contributed by atoms with Gasteiger partial charge in [-0.3, -0.25) is 15.1 Å². The van der Waals surface area contributed by atoms with Crippen LogP contribution in [-0.4, -0.2) is 72.5 Å². The van der Waals surface area contributed by atoms with E-state index in [1.807, 2.05) is 0 Å². The average Bonchev–Trinajstić information content (AvgIpc) is 3.11. The van der Waals surface area contributed by atoms with Gasteiger partial charge in [-0.25, -0.2) is 5.84 Å². The fraction of sp³-hybridized carbons (Fsp3) is 0.933. The van der Waals surface area contributed by atoms with Gasteiger partial charge < -0.3 is 10.6 Å². The Morgan fingerprint density at radius 1 is 0.518 bits per heavy atom. The summed E-state index contributed by atoms with van der Waals surface area (Å²) in [5.41, 5.74) is 2.29. The standard InChI is InChI=1S/C45H89N9O2/c1-13-17-19-21-23-25-29-55-53-42(5,6)31-35(32-43(53,7)8)37(27-15-3)47-39-49-40(51-41(50-39)52-46)48-38(28-16-4)36-33-44(9,10)54(45(11,12)34-36)56-30-26-24-22-20-18-14-2/h35-38H,13-34,46H2,1-12H3,(H3,47,48,49,50,51,52). The van der Waals surface area contributed by atoms with Gasteiger partial charge in [0.15, 0.2) is 0 Å². The first-order valence-corrected chi connectivity index (χ1v) is 23.2. The molecule has 2 aliphatic rings. The number of piperidine rings is 2. The molecule has 1 aromatic rings. The predicted molar refractivity (Wildman–Crippen MR) is 236 cm³/mol. The van der Waals surface area contributed by atoms with Crippen molar-refractivity contribution in [1.29, 1.82) is 0 Å². The number of aromatic nitrogens is 3. The molecule has 2 unspecified atom stereocenters. The molecule has 11 heteroatoms. The van der Waals surface area contributed by atoms with E-state index in [-0.39, 0.29) is 34.2 Å². The van der Waals surface area contributed by atoms with Crippen LogP contribution < -0.4 is 21.9 Å². The van der Waals surface area contributed by atoms with Crippen molar-refractivity contribution in [2.45, 2.75) is 246 Å². The Morgan fingerprint density at radius 2 is 0.839 bits per heavy atom. The highest BCUT2D eigenvalue weighted by Gasteiger charge is 2.49. The summed E-state index contributed by atoms with van der Waals surface area (Å²) in [6.07, 6.45) is 23.5. The second-order valence-electron chi connectivity index (χ2n) is 19.9. The van der Waals surface area contributed by atoms with E-state index in [2.05, 4.69) is 109 Å². The number of hydroxylamine groups is 4. The minimum Gasteiger partial charge on any atom is -0.351 e. The van der Waals surface area contributed by atoms with E-state index >= 15 is 0 Å². The fourth-order valence-corrected chi connectivity index (χ4v) is 10.4. The molecule has 2 aliphatic heterocycles. The van der Waals surface area contributed by atoms with Gasteiger partial charge in [-0.1, -0.05) is 105 Å². The molecular weight excluding hydrogens is 699 g/mol. The molecule has 0 amide bonds. The molecule has 326 valence electrons. The van der Waals surface area contributed by atoms with Gasteiger partial charge in [0.25, 0.3) is 0 Å². The molecule has 2 saturated heterocycles. The topological polar surface area (TPSA) is 126 Å². The van der Waals surface area contributed by atoms with Gasteiger partial charge in [0.2, 0.25) is 17.8 Å². The largest absolute Gasteiger partial charge is 0.351 e. The Labute approximate surface area is 344 Å². The zero-order chi connectivity index (χ0) is 41.4. The molecule has 56 heavy (non-hydrogen) atoms. The molecule has 0 bridgehead atoms. The number of nitrogen functional groups attached to an aromatic ring is 1. The highest BCUT2D eigenvalue weighted by Crippen LogP contribution is 2.45. The van der Waals surface area contributed by atoms with Gasteiger partial charge in [0, 0.05) is 34.2 Å². The molecule has 0 saturated carbocycles. The number of unbranched alkanes of at least 4 members (excludes halogenated alkanes) is 10. The van der Waals surface area contributed by atoms with Gasteiger partial charge >= 0.3 is 0 Å². The normalized spacial score (nSPS) is 21.2. The van der Waals surface area contributed by atoms with Gasteiger partial charge in [0.05, 0.1) is 13.2 Å². The molecule has 3 heterocycles. The lowest BCUT2D eigenvalue weighted by Gasteiger charge is -2.55. The summed E-state index contributed by atoms with van der Waals surface area (Å²) < 4.78 is 0. The van der Waals surface area contributed by atoms with Crippen molar-refractivity contribution in [3.05, 3.63) is 0 Å². The minimum atomic E-state index is -0.109. The number of anilines is 3. The first-order valence-electron chi connectivity index (χ1n) is 23.2. The van der Waals surface area contributed by atoms with E-state index in [0.717, 1.165) is 77.4 Å².